The van der Waals surface area contributed by atoms with E-state index in [4.69, 9.17) is 24.3 Å². The quantitative estimate of drug-likeness (QED) is 0.0265. The number of carbonyl (C=O) groups excluding carboxylic acids is 2. The van der Waals surface area contributed by atoms with E-state index in [1.54, 1.807) is 6.08 Å². The maximum Gasteiger partial charge on any atom is 0.472 e. The van der Waals surface area contributed by atoms with Crippen LogP contribution in [0.4, 0.5) is 0 Å². The molecule has 2 unspecified atom stereocenters. The van der Waals surface area contributed by atoms with Crippen LogP contribution in [-0.2, 0) is 32.7 Å². The fraction of sp³-hybridized carbons (Fsp3) is 0.709. The van der Waals surface area contributed by atoms with Gasteiger partial charge in [0.25, 0.3) is 0 Å². The molecule has 0 aliphatic heterocycles. The van der Waals surface area contributed by atoms with Gasteiger partial charge in [-0.2, -0.15) is 0 Å². The first-order valence-electron chi connectivity index (χ1n) is 26.1. The zero-order chi connectivity index (χ0) is 47.4. The average Bonchev–Trinajstić information content (AvgIpc) is 3.30. The number of hydrogen-bond donors (Lipinski definition) is 2. The van der Waals surface area contributed by atoms with Crippen LogP contribution >= 0.6 is 7.82 Å². The molecule has 0 aromatic carbocycles. The van der Waals surface area contributed by atoms with Gasteiger partial charge in [0.15, 0.2) is 6.10 Å². The fourth-order valence-electron chi connectivity index (χ4n) is 6.98. The van der Waals surface area contributed by atoms with Crippen molar-refractivity contribution in [1.29, 1.82) is 0 Å². The van der Waals surface area contributed by atoms with E-state index in [9.17, 15) is 19.0 Å². The normalized spacial score (nSPS) is 13.8. The maximum atomic E-state index is 12.6. The number of unbranched alkanes of at least 4 members (excludes halogenated alkanes) is 22. The van der Waals surface area contributed by atoms with Crippen molar-refractivity contribution in [2.24, 2.45) is 5.73 Å². The molecule has 0 rings (SSSR count). The molecule has 374 valence electrons. The van der Waals surface area contributed by atoms with Crippen LogP contribution in [0.3, 0.4) is 0 Å². The number of rotatable bonds is 48. The van der Waals surface area contributed by atoms with Crippen molar-refractivity contribution in [2.45, 2.75) is 225 Å². The van der Waals surface area contributed by atoms with Gasteiger partial charge in [-0.05, 0) is 70.6 Å². The Kier molecular flexibility index (Phi) is 48.4. The molecule has 0 aliphatic carbocycles. The van der Waals surface area contributed by atoms with Crippen molar-refractivity contribution in [3.63, 3.8) is 0 Å². The van der Waals surface area contributed by atoms with Gasteiger partial charge in [-0.25, -0.2) is 4.57 Å². The molecule has 0 amide bonds. The van der Waals surface area contributed by atoms with E-state index in [2.05, 4.69) is 80.7 Å². The number of carbonyl (C=O) groups is 2. The number of phosphoric ester groups is 1. The van der Waals surface area contributed by atoms with Crippen molar-refractivity contribution in [2.75, 3.05) is 26.4 Å². The molecule has 0 heterocycles. The van der Waals surface area contributed by atoms with Crippen LogP contribution in [-0.4, -0.2) is 49.3 Å². The Balaban J connectivity index is 4.01. The Hall–Kier alpha value is -2.81. The Morgan fingerprint density at radius 1 is 0.492 bits per heavy atom. The SMILES string of the molecule is CC/C=C\C/C=C\C/C=C\C/C=C\C/C=C\CC(=O)OC(COC(=O)CCCCCCCCCCCCCCCCCCC/C=C\C/C=C\CCCCCCC)COP(=O)(O)OCCN. The lowest BCUT2D eigenvalue weighted by Crippen LogP contribution is -2.29. The molecule has 0 bridgehead atoms. The lowest BCUT2D eigenvalue weighted by Gasteiger charge is -2.19. The molecule has 0 aliphatic rings. The van der Waals surface area contributed by atoms with Crippen LogP contribution in [0.2, 0.25) is 0 Å². The molecular formula is C55H96NO8P. The van der Waals surface area contributed by atoms with Gasteiger partial charge in [-0.1, -0.05) is 221 Å². The summed E-state index contributed by atoms with van der Waals surface area (Å²) >= 11 is 0. The second-order valence-corrected chi connectivity index (χ2v) is 18.5. The summed E-state index contributed by atoms with van der Waals surface area (Å²) in [5, 5.41) is 0. The van der Waals surface area contributed by atoms with E-state index in [-0.39, 0.29) is 32.6 Å². The summed E-state index contributed by atoms with van der Waals surface area (Å²) in [6.07, 6.45) is 65.3. The molecule has 0 saturated heterocycles. The van der Waals surface area contributed by atoms with Gasteiger partial charge in [0.2, 0.25) is 0 Å². The highest BCUT2D eigenvalue weighted by atomic mass is 31.2. The zero-order valence-corrected chi connectivity index (χ0v) is 42.3. The van der Waals surface area contributed by atoms with Crippen molar-refractivity contribution in [3.8, 4) is 0 Å². The number of allylic oxidation sites excluding steroid dienone is 13. The minimum atomic E-state index is -4.41. The maximum absolute atomic E-state index is 12.6. The third-order valence-electron chi connectivity index (χ3n) is 10.8. The lowest BCUT2D eigenvalue weighted by atomic mass is 10.0. The van der Waals surface area contributed by atoms with Crippen LogP contribution in [0.25, 0.3) is 0 Å². The molecule has 2 atom stereocenters. The van der Waals surface area contributed by atoms with Crippen LogP contribution in [0, 0.1) is 0 Å². The number of nitrogens with two attached hydrogens (primary N) is 1. The van der Waals surface area contributed by atoms with Crippen LogP contribution in [0.1, 0.15) is 219 Å². The number of esters is 2. The first-order valence-corrected chi connectivity index (χ1v) is 27.6. The number of hydrogen-bond acceptors (Lipinski definition) is 8. The van der Waals surface area contributed by atoms with Gasteiger partial charge in [0.05, 0.1) is 19.6 Å². The van der Waals surface area contributed by atoms with Gasteiger partial charge >= 0.3 is 19.8 Å². The highest BCUT2D eigenvalue weighted by Crippen LogP contribution is 2.43. The van der Waals surface area contributed by atoms with Crippen molar-refractivity contribution >= 4 is 19.8 Å². The third-order valence-corrected chi connectivity index (χ3v) is 11.8. The van der Waals surface area contributed by atoms with Crippen LogP contribution in [0.5, 0.6) is 0 Å². The summed E-state index contributed by atoms with van der Waals surface area (Å²) in [7, 11) is -4.41. The van der Waals surface area contributed by atoms with Gasteiger partial charge in [-0.15, -0.1) is 0 Å². The van der Waals surface area contributed by atoms with E-state index in [1.165, 1.54) is 135 Å². The summed E-state index contributed by atoms with van der Waals surface area (Å²) < 4.78 is 32.7. The smallest absolute Gasteiger partial charge is 0.462 e. The minimum absolute atomic E-state index is 0.00431. The zero-order valence-electron chi connectivity index (χ0n) is 41.4. The van der Waals surface area contributed by atoms with Crippen molar-refractivity contribution in [1.82, 2.24) is 0 Å². The average molecular weight is 930 g/mol. The Bertz CT molecular complexity index is 1340. The van der Waals surface area contributed by atoms with Gasteiger partial charge in [0.1, 0.15) is 6.61 Å². The van der Waals surface area contributed by atoms with E-state index in [1.807, 2.05) is 12.2 Å². The summed E-state index contributed by atoms with van der Waals surface area (Å²) in [6.45, 7) is 3.50. The molecule has 65 heavy (non-hydrogen) atoms. The first-order chi connectivity index (χ1) is 31.8. The van der Waals surface area contributed by atoms with Crippen molar-refractivity contribution in [3.05, 3.63) is 85.1 Å². The largest absolute Gasteiger partial charge is 0.472 e. The molecule has 3 N–H and O–H groups in total. The van der Waals surface area contributed by atoms with Crippen molar-refractivity contribution < 1.29 is 37.6 Å². The van der Waals surface area contributed by atoms with E-state index in [0.717, 1.165) is 51.4 Å². The van der Waals surface area contributed by atoms with Gasteiger partial charge in [0, 0.05) is 13.0 Å². The highest BCUT2D eigenvalue weighted by Gasteiger charge is 2.25. The second kappa shape index (κ2) is 50.6. The highest BCUT2D eigenvalue weighted by molar-refractivity contribution is 7.47. The second-order valence-electron chi connectivity index (χ2n) is 17.0. The predicted octanol–water partition coefficient (Wildman–Crippen LogP) is 16.0. The molecule has 0 radical (unpaired) electrons. The predicted molar refractivity (Wildman–Crippen MR) is 275 cm³/mol. The topological polar surface area (TPSA) is 134 Å². The monoisotopic (exact) mass is 930 g/mol. The molecule has 0 saturated carbocycles. The number of phosphoric acid groups is 1. The molecule has 10 heteroatoms. The molecule has 0 fully saturated rings. The Morgan fingerprint density at radius 3 is 1.34 bits per heavy atom. The van der Waals surface area contributed by atoms with Gasteiger partial charge < -0.3 is 20.1 Å². The van der Waals surface area contributed by atoms with Crippen LogP contribution in [0.15, 0.2) is 85.1 Å². The molecule has 0 aromatic heterocycles. The number of ether oxygens (including phenoxy) is 2. The Morgan fingerprint density at radius 2 is 0.892 bits per heavy atom. The van der Waals surface area contributed by atoms with E-state index >= 15 is 0 Å². The summed E-state index contributed by atoms with van der Waals surface area (Å²) in [5.41, 5.74) is 5.35. The Labute approximate surface area is 398 Å². The molecule has 9 nitrogen and oxygen atoms in total. The molecule has 0 aromatic rings. The minimum Gasteiger partial charge on any atom is -0.462 e. The summed E-state index contributed by atoms with van der Waals surface area (Å²) in [4.78, 5) is 34.9. The standard InChI is InChI=1S/C55H96NO8P/c1-3-5-7-9-11-13-15-17-19-20-21-22-23-24-25-26-27-28-29-30-31-32-34-35-37-39-41-43-45-47-54(57)61-51-53(52-63-65(59,60)62-50-49-56)64-55(58)48-46-44-42-40-38-36-33-18-16-14-12-10-8-6-4-2/h6,8,12,14-15,17-18,20-21,33,38,40,44,46,53H,3-5,7,9-11,13,16,19,22-32,34-37,39,41-43,45,47-52,56H2,1-2H3,(H,59,60)/b8-6-,14-12-,17-15-,21-20-,33-18-,40-38-,46-44-. The van der Waals surface area contributed by atoms with E-state index < -0.39 is 32.5 Å². The summed E-state index contributed by atoms with van der Waals surface area (Å²) in [6, 6.07) is 0. The third kappa shape index (κ3) is 50.4. The van der Waals surface area contributed by atoms with Gasteiger partial charge in [-0.3, -0.25) is 18.6 Å². The first kappa shape index (κ1) is 62.2. The molecular weight excluding hydrogens is 834 g/mol. The van der Waals surface area contributed by atoms with Crippen LogP contribution < -0.4 is 5.73 Å². The summed E-state index contributed by atoms with van der Waals surface area (Å²) in [5.74, 6) is -0.976. The molecule has 0 spiro atoms. The van der Waals surface area contributed by atoms with E-state index in [0.29, 0.717) is 6.42 Å². The fourth-order valence-corrected chi connectivity index (χ4v) is 7.74. The lowest BCUT2D eigenvalue weighted by molar-refractivity contribution is -0.160.